The summed E-state index contributed by atoms with van der Waals surface area (Å²) < 4.78 is 0. The van der Waals surface area contributed by atoms with Gasteiger partial charge < -0.3 is 10.4 Å². The molecular weight excluding hydrogens is 313 g/mol. The Bertz CT molecular complexity index is 701. The third kappa shape index (κ3) is 4.82. The van der Waals surface area contributed by atoms with E-state index in [9.17, 15) is 5.11 Å². The molecule has 0 aliphatic heterocycles. The van der Waals surface area contributed by atoms with E-state index in [4.69, 9.17) is 0 Å². The molecule has 0 spiro atoms. The summed E-state index contributed by atoms with van der Waals surface area (Å²) in [5, 5.41) is 15.3. The Morgan fingerprint density at radius 2 is 1.62 bits per heavy atom. The fraction of sp³-hybridized carbons (Fsp3) is 0.429. The summed E-state index contributed by atoms with van der Waals surface area (Å²) in [6.45, 7) is 13.8. The van der Waals surface area contributed by atoms with Gasteiger partial charge in [-0.05, 0) is 44.1 Å². The average Bonchev–Trinajstić information content (AvgIpc) is 2.48. The Kier molecular flexibility index (Phi) is 5.73. The van der Waals surface area contributed by atoms with Gasteiger partial charge in [-0.25, -0.2) is 0 Å². The lowest BCUT2D eigenvalue weighted by molar-refractivity contribution is 0.425. The molecule has 0 saturated carbocycles. The molecule has 0 saturated heterocycles. The number of para-hydroxylation sites is 1. The molecule has 0 bridgehead atoms. The second-order valence-electron chi connectivity index (χ2n) is 7.98. The molecule has 0 heterocycles. The highest BCUT2D eigenvalue weighted by Crippen LogP contribution is 2.45. The first-order valence-electron chi connectivity index (χ1n) is 8.50. The third-order valence-electron chi connectivity index (χ3n) is 4.18. The fourth-order valence-corrected chi connectivity index (χ4v) is 4.25. The van der Waals surface area contributed by atoms with Crippen molar-refractivity contribution in [2.45, 2.75) is 58.8 Å². The van der Waals surface area contributed by atoms with Gasteiger partial charge in [-0.3, -0.25) is 0 Å². The van der Waals surface area contributed by atoms with Gasteiger partial charge in [0.2, 0.25) is 0 Å². The van der Waals surface area contributed by atoms with Gasteiger partial charge in [0.05, 0.1) is 0 Å². The van der Waals surface area contributed by atoms with Crippen molar-refractivity contribution in [3.63, 3.8) is 0 Å². The molecule has 0 radical (unpaired) electrons. The number of nitrogens with one attached hydrogen (secondary N) is 1. The highest BCUT2D eigenvalue weighted by atomic mass is 31.1. The molecule has 0 aliphatic rings. The number of aryl methyl sites for hydroxylation is 1. The quantitative estimate of drug-likeness (QED) is 0.762. The molecule has 0 aliphatic carbocycles. The van der Waals surface area contributed by atoms with Crippen LogP contribution in [0.25, 0.3) is 0 Å². The Labute approximate surface area is 148 Å². The monoisotopic (exact) mass is 343 g/mol. The summed E-state index contributed by atoms with van der Waals surface area (Å²) in [4.78, 5) is 0. The van der Waals surface area contributed by atoms with E-state index in [2.05, 4.69) is 64.2 Å². The van der Waals surface area contributed by atoms with Crippen molar-refractivity contribution in [3.8, 4) is 5.75 Å². The maximum Gasteiger partial charge on any atom is 0.122 e. The van der Waals surface area contributed by atoms with E-state index in [0.717, 1.165) is 17.7 Å². The Morgan fingerprint density at radius 3 is 2.29 bits per heavy atom. The molecule has 0 aromatic heterocycles. The lowest BCUT2D eigenvalue weighted by Gasteiger charge is -2.29. The lowest BCUT2D eigenvalue weighted by atomic mass is 9.99. The van der Waals surface area contributed by atoms with E-state index in [1.165, 1.54) is 10.9 Å². The Balaban J connectivity index is 2.28. The van der Waals surface area contributed by atoms with Crippen LogP contribution in [0.3, 0.4) is 0 Å². The van der Waals surface area contributed by atoms with Crippen LogP contribution in [0, 0.1) is 6.92 Å². The van der Waals surface area contributed by atoms with Crippen LogP contribution >= 0.6 is 8.58 Å². The van der Waals surface area contributed by atoms with E-state index in [1.54, 1.807) is 0 Å². The summed E-state index contributed by atoms with van der Waals surface area (Å²) in [5.41, 5.74) is 3.40. The first kappa shape index (κ1) is 19.0. The molecule has 2 nitrogen and oxygen atoms in total. The predicted molar refractivity (Wildman–Crippen MR) is 107 cm³/mol. The second kappa shape index (κ2) is 7.25. The van der Waals surface area contributed by atoms with Crippen molar-refractivity contribution in [2.24, 2.45) is 0 Å². The van der Waals surface area contributed by atoms with E-state index in [-0.39, 0.29) is 10.7 Å². The standard InChI is InChI=1S/C21H30NOP/c1-15-10-9-12-17(19(15)23)21(5,6)24-18-13-8-7-11-16(18)14-22-20(2,3)4/h7-13,22-24H,14H2,1-6H3. The topological polar surface area (TPSA) is 32.3 Å². The number of hydrogen-bond donors (Lipinski definition) is 2. The molecular formula is C21H30NOP. The first-order valence-corrected chi connectivity index (χ1v) is 9.50. The molecule has 2 rings (SSSR count). The number of phenolic OH excluding ortho intramolecular Hbond substituents is 1. The number of hydrogen-bond acceptors (Lipinski definition) is 2. The number of rotatable bonds is 5. The SMILES string of the molecule is Cc1cccc(C(C)(C)Pc2ccccc2CNC(C)(C)C)c1O. The molecule has 2 aromatic rings. The van der Waals surface area contributed by atoms with Crippen LogP contribution in [0.2, 0.25) is 0 Å². The van der Waals surface area contributed by atoms with Crippen molar-refractivity contribution < 1.29 is 5.11 Å². The van der Waals surface area contributed by atoms with Gasteiger partial charge in [-0.1, -0.05) is 64.9 Å². The molecule has 2 aromatic carbocycles. The van der Waals surface area contributed by atoms with Gasteiger partial charge in [-0.2, -0.15) is 0 Å². The normalized spacial score (nSPS) is 12.9. The van der Waals surface area contributed by atoms with Crippen LogP contribution in [0.4, 0.5) is 0 Å². The van der Waals surface area contributed by atoms with Crippen LogP contribution in [-0.4, -0.2) is 10.6 Å². The second-order valence-corrected chi connectivity index (χ2v) is 10.0. The van der Waals surface area contributed by atoms with Gasteiger partial charge in [0.1, 0.15) is 5.75 Å². The predicted octanol–water partition coefficient (Wildman–Crippen LogP) is 4.83. The number of aromatic hydroxyl groups is 1. The van der Waals surface area contributed by atoms with Gasteiger partial charge in [0.25, 0.3) is 0 Å². The molecule has 0 fully saturated rings. The van der Waals surface area contributed by atoms with Gasteiger partial charge in [0.15, 0.2) is 0 Å². The minimum absolute atomic E-state index is 0.0978. The third-order valence-corrected chi connectivity index (χ3v) is 5.84. The number of benzene rings is 2. The highest BCUT2D eigenvalue weighted by molar-refractivity contribution is 7.48. The zero-order valence-electron chi connectivity index (χ0n) is 15.7. The van der Waals surface area contributed by atoms with Crippen molar-refractivity contribution in [1.29, 1.82) is 0 Å². The smallest absolute Gasteiger partial charge is 0.122 e. The van der Waals surface area contributed by atoms with Crippen LogP contribution in [0.15, 0.2) is 42.5 Å². The average molecular weight is 343 g/mol. The summed E-state index contributed by atoms with van der Waals surface area (Å²) in [7, 11) is 0.593. The van der Waals surface area contributed by atoms with Gasteiger partial charge in [-0.15, -0.1) is 0 Å². The van der Waals surface area contributed by atoms with Gasteiger partial charge >= 0.3 is 0 Å². The van der Waals surface area contributed by atoms with Crippen LogP contribution < -0.4 is 10.6 Å². The summed E-state index contributed by atoms with van der Waals surface area (Å²) in [6, 6.07) is 14.7. The molecule has 3 heteroatoms. The van der Waals surface area contributed by atoms with E-state index < -0.39 is 0 Å². The van der Waals surface area contributed by atoms with E-state index in [1.807, 2.05) is 25.1 Å². The summed E-state index contributed by atoms with van der Waals surface area (Å²) in [5.74, 6) is 0.431. The number of phenols is 1. The zero-order valence-corrected chi connectivity index (χ0v) is 16.7. The summed E-state index contributed by atoms with van der Waals surface area (Å²) >= 11 is 0. The Hall–Kier alpha value is -1.37. The maximum absolute atomic E-state index is 10.5. The van der Waals surface area contributed by atoms with E-state index in [0.29, 0.717) is 14.3 Å². The molecule has 0 amide bonds. The van der Waals surface area contributed by atoms with Crippen molar-refractivity contribution >= 4 is 13.9 Å². The molecule has 1 atom stereocenters. The summed E-state index contributed by atoms with van der Waals surface area (Å²) in [6.07, 6.45) is 0. The molecule has 130 valence electrons. The van der Waals surface area contributed by atoms with Crippen LogP contribution in [-0.2, 0) is 11.7 Å². The first-order chi connectivity index (χ1) is 11.1. The van der Waals surface area contributed by atoms with Crippen molar-refractivity contribution in [2.75, 3.05) is 0 Å². The lowest BCUT2D eigenvalue weighted by Crippen LogP contribution is -2.36. The molecule has 2 N–H and O–H groups in total. The van der Waals surface area contributed by atoms with Crippen molar-refractivity contribution in [1.82, 2.24) is 5.32 Å². The minimum Gasteiger partial charge on any atom is -0.507 e. The largest absolute Gasteiger partial charge is 0.507 e. The molecule has 24 heavy (non-hydrogen) atoms. The van der Waals surface area contributed by atoms with Crippen molar-refractivity contribution in [3.05, 3.63) is 59.2 Å². The van der Waals surface area contributed by atoms with Crippen LogP contribution in [0.1, 0.15) is 51.3 Å². The fourth-order valence-electron chi connectivity index (χ4n) is 2.72. The minimum atomic E-state index is -0.103. The van der Waals surface area contributed by atoms with Gasteiger partial charge in [0, 0.05) is 22.8 Å². The highest BCUT2D eigenvalue weighted by Gasteiger charge is 2.26. The van der Waals surface area contributed by atoms with Crippen LogP contribution in [0.5, 0.6) is 5.75 Å². The zero-order chi connectivity index (χ0) is 18.0. The molecule has 1 unspecified atom stereocenters. The van der Waals surface area contributed by atoms with E-state index >= 15 is 0 Å². The maximum atomic E-state index is 10.5. The Morgan fingerprint density at radius 1 is 0.958 bits per heavy atom.